The minimum atomic E-state index is -3.45. The van der Waals surface area contributed by atoms with E-state index < -0.39 is 27.7 Å². The fourth-order valence-corrected chi connectivity index (χ4v) is 3.12. The molecule has 1 atom stereocenters. The Hall–Kier alpha value is -2.61. The number of furan rings is 1. The zero-order valence-corrected chi connectivity index (χ0v) is 13.9. The molecule has 2 aromatic rings. The summed E-state index contributed by atoms with van der Waals surface area (Å²) >= 11 is 0. The Balaban J connectivity index is 1.81. The van der Waals surface area contributed by atoms with Crippen LogP contribution in [0.25, 0.3) is 0 Å². The third-order valence-corrected chi connectivity index (χ3v) is 5.03. The van der Waals surface area contributed by atoms with E-state index in [1.807, 2.05) is 0 Å². The van der Waals surface area contributed by atoms with Crippen molar-refractivity contribution in [3.05, 3.63) is 54.5 Å². The molecule has 0 unspecified atom stereocenters. The Labute approximate surface area is 140 Å². The van der Waals surface area contributed by atoms with Gasteiger partial charge in [-0.05, 0) is 25.1 Å². The Morgan fingerprint density at radius 1 is 1.17 bits per heavy atom. The third-order valence-electron chi connectivity index (χ3n) is 3.30. The summed E-state index contributed by atoms with van der Waals surface area (Å²) in [5, 5.41) is 5.00. The predicted molar refractivity (Wildman–Crippen MR) is 87.1 cm³/mol. The molecule has 1 aromatic carbocycles. The molecule has 1 aromatic heterocycles. The van der Waals surface area contributed by atoms with Gasteiger partial charge in [-0.2, -0.15) is 0 Å². The number of carbonyl (C=O) groups excluding carboxylic acids is 2. The van der Waals surface area contributed by atoms with E-state index in [4.69, 9.17) is 4.42 Å². The Morgan fingerprint density at radius 2 is 1.88 bits per heavy atom. The van der Waals surface area contributed by atoms with Gasteiger partial charge in [-0.25, -0.2) is 8.42 Å². The molecule has 24 heavy (non-hydrogen) atoms. The molecule has 7 nitrogen and oxygen atoms in total. The lowest BCUT2D eigenvalue weighted by Crippen LogP contribution is -2.45. The van der Waals surface area contributed by atoms with Crippen LogP contribution >= 0.6 is 0 Å². The summed E-state index contributed by atoms with van der Waals surface area (Å²) in [5.41, 5.74) is 0.307. The third kappa shape index (κ3) is 4.69. The van der Waals surface area contributed by atoms with Crippen LogP contribution in [0.2, 0.25) is 0 Å². The van der Waals surface area contributed by atoms with E-state index in [0.717, 1.165) is 0 Å². The number of rotatable bonds is 7. The minimum Gasteiger partial charge on any atom is -0.472 e. The summed E-state index contributed by atoms with van der Waals surface area (Å²) in [6.07, 6.45) is 2.63. The molecule has 0 aliphatic heterocycles. The van der Waals surface area contributed by atoms with Crippen LogP contribution in [0, 0.1) is 0 Å². The van der Waals surface area contributed by atoms with Gasteiger partial charge in [-0.1, -0.05) is 18.2 Å². The molecular formula is C16H18N2O5S. The maximum absolute atomic E-state index is 12.1. The van der Waals surface area contributed by atoms with Crippen molar-refractivity contribution in [1.82, 2.24) is 10.6 Å². The van der Waals surface area contributed by atoms with Crippen LogP contribution in [0.3, 0.4) is 0 Å². The van der Waals surface area contributed by atoms with Gasteiger partial charge in [0, 0.05) is 6.54 Å². The van der Waals surface area contributed by atoms with Crippen LogP contribution in [0.1, 0.15) is 17.3 Å². The highest BCUT2D eigenvalue weighted by atomic mass is 32.2. The molecule has 0 saturated carbocycles. The first-order valence-corrected chi connectivity index (χ1v) is 8.94. The molecule has 1 heterocycles. The Bertz CT molecular complexity index is 785. The fraction of sp³-hybridized carbons (Fsp3) is 0.250. The second-order valence-electron chi connectivity index (χ2n) is 5.13. The number of amides is 2. The highest BCUT2D eigenvalue weighted by Crippen LogP contribution is 2.09. The van der Waals surface area contributed by atoms with Crippen molar-refractivity contribution in [2.24, 2.45) is 0 Å². The van der Waals surface area contributed by atoms with Crippen LogP contribution in [-0.4, -0.2) is 38.6 Å². The number of hydrogen-bond donors (Lipinski definition) is 2. The van der Waals surface area contributed by atoms with Crippen molar-refractivity contribution >= 4 is 21.7 Å². The van der Waals surface area contributed by atoms with E-state index in [1.54, 1.807) is 18.2 Å². The van der Waals surface area contributed by atoms with Crippen molar-refractivity contribution in [3.63, 3.8) is 0 Å². The van der Waals surface area contributed by atoms with Gasteiger partial charge in [0.15, 0.2) is 9.84 Å². The first-order valence-electron chi connectivity index (χ1n) is 7.29. The van der Waals surface area contributed by atoms with Crippen LogP contribution < -0.4 is 10.6 Å². The number of hydrogen-bond acceptors (Lipinski definition) is 5. The molecule has 0 radical (unpaired) electrons. The Morgan fingerprint density at radius 3 is 2.50 bits per heavy atom. The molecule has 128 valence electrons. The first kappa shape index (κ1) is 17.7. The molecule has 2 N–H and O–H groups in total. The average molecular weight is 350 g/mol. The lowest BCUT2D eigenvalue weighted by atomic mass is 10.2. The summed E-state index contributed by atoms with van der Waals surface area (Å²) in [6, 6.07) is 8.69. The van der Waals surface area contributed by atoms with Crippen molar-refractivity contribution < 1.29 is 22.4 Å². The van der Waals surface area contributed by atoms with Gasteiger partial charge in [-0.15, -0.1) is 0 Å². The van der Waals surface area contributed by atoms with Crippen molar-refractivity contribution in [2.75, 3.05) is 12.3 Å². The highest BCUT2D eigenvalue weighted by molar-refractivity contribution is 7.91. The van der Waals surface area contributed by atoms with Crippen molar-refractivity contribution in [1.29, 1.82) is 0 Å². The summed E-state index contributed by atoms with van der Waals surface area (Å²) in [6.45, 7) is 1.47. The monoisotopic (exact) mass is 350 g/mol. The molecule has 0 spiro atoms. The highest BCUT2D eigenvalue weighted by Gasteiger charge is 2.18. The Kier molecular flexibility index (Phi) is 5.75. The number of carbonyl (C=O) groups is 2. The second kappa shape index (κ2) is 7.78. The topological polar surface area (TPSA) is 105 Å². The SMILES string of the molecule is C[C@H](NC(=O)c1ccoc1)C(=O)NCCS(=O)(=O)c1ccccc1. The van der Waals surface area contributed by atoms with E-state index in [0.29, 0.717) is 5.56 Å². The summed E-state index contributed by atoms with van der Waals surface area (Å²) in [4.78, 5) is 23.9. The van der Waals surface area contributed by atoms with Gasteiger partial charge in [-0.3, -0.25) is 9.59 Å². The molecule has 0 fully saturated rings. The lowest BCUT2D eigenvalue weighted by Gasteiger charge is -2.13. The summed E-state index contributed by atoms with van der Waals surface area (Å²) < 4.78 is 29.0. The van der Waals surface area contributed by atoms with E-state index in [1.165, 1.54) is 37.6 Å². The van der Waals surface area contributed by atoms with E-state index in [9.17, 15) is 18.0 Å². The van der Waals surface area contributed by atoms with E-state index in [2.05, 4.69) is 10.6 Å². The van der Waals surface area contributed by atoms with Crippen LogP contribution in [-0.2, 0) is 14.6 Å². The molecule has 0 aliphatic rings. The number of nitrogens with one attached hydrogen (secondary N) is 2. The molecule has 0 bridgehead atoms. The van der Waals surface area contributed by atoms with Crippen LogP contribution in [0.15, 0.2) is 58.2 Å². The van der Waals surface area contributed by atoms with Gasteiger partial charge >= 0.3 is 0 Å². The lowest BCUT2D eigenvalue weighted by molar-refractivity contribution is -0.122. The van der Waals surface area contributed by atoms with Crippen molar-refractivity contribution in [2.45, 2.75) is 17.9 Å². The molecule has 2 rings (SSSR count). The number of sulfone groups is 1. The van der Waals surface area contributed by atoms with Crippen LogP contribution in [0.5, 0.6) is 0 Å². The molecule has 8 heteroatoms. The zero-order chi connectivity index (χ0) is 17.6. The molecular weight excluding hydrogens is 332 g/mol. The summed E-state index contributed by atoms with van der Waals surface area (Å²) in [7, 11) is -3.45. The number of benzene rings is 1. The van der Waals surface area contributed by atoms with Gasteiger partial charge in [0.25, 0.3) is 5.91 Å². The molecule has 2 amide bonds. The van der Waals surface area contributed by atoms with E-state index >= 15 is 0 Å². The zero-order valence-electron chi connectivity index (χ0n) is 13.1. The van der Waals surface area contributed by atoms with Crippen LogP contribution in [0.4, 0.5) is 0 Å². The van der Waals surface area contributed by atoms with Crippen molar-refractivity contribution in [3.8, 4) is 0 Å². The predicted octanol–water partition coefficient (Wildman–Crippen LogP) is 0.988. The molecule has 0 saturated heterocycles. The molecule has 0 aliphatic carbocycles. The van der Waals surface area contributed by atoms with Gasteiger partial charge in [0.05, 0.1) is 22.5 Å². The fourth-order valence-electron chi connectivity index (χ4n) is 1.95. The maximum atomic E-state index is 12.1. The second-order valence-corrected chi connectivity index (χ2v) is 7.24. The van der Waals surface area contributed by atoms with E-state index in [-0.39, 0.29) is 17.2 Å². The standard InChI is InChI=1S/C16H18N2O5S/c1-12(18-16(20)13-7-9-23-11-13)15(19)17-8-10-24(21,22)14-5-3-2-4-6-14/h2-7,9,11-12H,8,10H2,1H3,(H,17,19)(H,18,20)/t12-/m0/s1. The summed E-state index contributed by atoms with van der Waals surface area (Å²) in [5.74, 6) is -1.12. The maximum Gasteiger partial charge on any atom is 0.255 e. The minimum absolute atomic E-state index is 0.0397. The van der Waals surface area contributed by atoms with Gasteiger partial charge < -0.3 is 15.1 Å². The normalized spacial score (nSPS) is 12.4. The van der Waals surface area contributed by atoms with Gasteiger partial charge in [0.2, 0.25) is 5.91 Å². The first-order chi connectivity index (χ1) is 11.4. The van der Waals surface area contributed by atoms with Gasteiger partial charge in [0.1, 0.15) is 12.3 Å². The quantitative estimate of drug-likeness (QED) is 0.775. The largest absolute Gasteiger partial charge is 0.472 e. The smallest absolute Gasteiger partial charge is 0.255 e. The average Bonchev–Trinajstić information content (AvgIpc) is 3.10.